The lowest BCUT2D eigenvalue weighted by atomic mass is 10.00. The Morgan fingerprint density at radius 1 is 1.27 bits per heavy atom. The van der Waals surface area contributed by atoms with E-state index in [1.165, 1.54) is 10.4 Å². The fourth-order valence-electron chi connectivity index (χ4n) is 3.05. The van der Waals surface area contributed by atoms with Crippen LogP contribution in [0.25, 0.3) is 0 Å². The van der Waals surface area contributed by atoms with Crippen LogP contribution in [0.2, 0.25) is 0 Å². The van der Waals surface area contributed by atoms with E-state index in [0.717, 1.165) is 38.9 Å². The molecule has 22 heavy (non-hydrogen) atoms. The lowest BCUT2D eigenvalue weighted by Crippen LogP contribution is -2.48. The molecular weight excluding hydrogens is 298 g/mol. The second kappa shape index (κ2) is 6.69. The van der Waals surface area contributed by atoms with Crippen molar-refractivity contribution in [3.63, 3.8) is 0 Å². The van der Waals surface area contributed by atoms with Crippen LogP contribution in [0.15, 0.2) is 11.4 Å². The zero-order valence-electron chi connectivity index (χ0n) is 13.0. The largest absolute Gasteiger partial charge is 0.336 e. The number of hydrogen-bond acceptors (Lipinski definition) is 3. The second-order valence-electron chi connectivity index (χ2n) is 6.26. The summed E-state index contributed by atoms with van der Waals surface area (Å²) in [7, 11) is 0. The Hall–Kier alpha value is -1.56. The van der Waals surface area contributed by atoms with Crippen LogP contribution in [0.4, 0.5) is 4.79 Å². The maximum atomic E-state index is 12.3. The first kappa shape index (κ1) is 15.3. The maximum Gasteiger partial charge on any atom is 0.317 e. The molecule has 3 rings (SSSR count). The number of likely N-dealkylation sites (tertiary alicyclic amines) is 1. The Morgan fingerprint density at radius 3 is 2.82 bits per heavy atom. The van der Waals surface area contributed by atoms with Crippen molar-refractivity contribution in [2.24, 2.45) is 5.92 Å². The third-order valence-corrected chi connectivity index (χ3v) is 5.65. The fraction of sp³-hybridized carbons (Fsp3) is 0.625. The number of hydrogen-bond donors (Lipinski definition) is 1. The molecule has 5 nitrogen and oxygen atoms in total. The number of fused-ring (bicyclic) bond motifs is 1. The van der Waals surface area contributed by atoms with Crippen LogP contribution in [0.1, 0.15) is 30.2 Å². The summed E-state index contributed by atoms with van der Waals surface area (Å²) >= 11 is 1.76. The molecule has 1 saturated heterocycles. The highest BCUT2D eigenvalue weighted by atomic mass is 32.1. The van der Waals surface area contributed by atoms with Crippen LogP contribution in [0, 0.1) is 5.92 Å². The van der Waals surface area contributed by atoms with Crippen molar-refractivity contribution in [1.29, 1.82) is 0 Å². The first-order valence-corrected chi connectivity index (χ1v) is 8.87. The van der Waals surface area contributed by atoms with E-state index in [0.29, 0.717) is 12.5 Å². The van der Waals surface area contributed by atoms with Gasteiger partial charge in [0, 0.05) is 31.1 Å². The summed E-state index contributed by atoms with van der Waals surface area (Å²) in [6, 6.07) is 1.99. The minimum absolute atomic E-state index is 0.00979. The highest BCUT2D eigenvalue weighted by molar-refractivity contribution is 7.10. The van der Waals surface area contributed by atoms with Gasteiger partial charge in [0.05, 0.1) is 6.54 Å². The van der Waals surface area contributed by atoms with Crippen molar-refractivity contribution < 1.29 is 9.59 Å². The van der Waals surface area contributed by atoms with E-state index >= 15 is 0 Å². The van der Waals surface area contributed by atoms with Gasteiger partial charge in [-0.1, -0.05) is 6.92 Å². The minimum Gasteiger partial charge on any atom is -0.336 e. The summed E-state index contributed by atoms with van der Waals surface area (Å²) in [6.07, 6.45) is 3.03. The third-order valence-electron chi connectivity index (χ3n) is 4.62. The third kappa shape index (κ3) is 3.43. The van der Waals surface area contributed by atoms with Crippen LogP contribution >= 0.6 is 11.3 Å². The van der Waals surface area contributed by atoms with E-state index in [9.17, 15) is 9.59 Å². The van der Waals surface area contributed by atoms with Gasteiger partial charge in [0.15, 0.2) is 0 Å². The van der Waals surface area contributed by atoms with E-state index in [1.54, 1.807) is 11.3 Å². The van der Waals surface area contributed by atoms with Crippen molar-refractivity contribution in [1.82, 2.24) is 15.1 Å². The van der Waals surface area contributed by atoms with Crippen LogP contribution in [-0.2, 0) is 17.8 Å². The van der Waals surface area contributed by atoms with Crippen LogP contribution < -0.4 is 5.32 Å². The van der Waals surface area contributed by atoms with Gasteiger partial charge in [-0.25, -0.2) is 4.79 Å². The van der Waals surface area contributed by atoms with Gasteiger partial charge in [0.25, 0.3) is 0 Å². The van der Waals surface area contributed by atoms with Crippen LogP contribution in [0.3, 0.4) is 0 Å². The molecule has 120 valence electrons. The highest BCUT2D eigenvalue weighted by Gasteiger charge is 2.24. The van der Waals surface area contributed by atoms with Gasteiger partial charge < -0.3 is 15.1 Å². The molecule has 1 aromatic heterocycles. The average Bonchev–Trinajstić information content (AvgIpc) is 3.00. The molecule has 2 aliphatic heterocycles. The topological polar surface area (TPSA) is 52.7 Å². The normalized spacial score (nSPS) is 19.0. The summed E-state index contributed by atoms with van der Waals surface area (Å²) in [6.45, 7) is 5.34. The van der Waals surface area contributed by atoms with Crippen LogP contribution in [-0.4, -0.2) is 47.9 Å². The molecule has 3 heterocycles. The number of rotatable bonds is 2. The van der Waals surface area contributed by atoms with E-state index in [4.69, 9.17) is 0 Å². The molecule has 0 saturated carbocycles. The standard InChI is InChI=1S/C16H23N3O2S/c1-12-2-6-18(7-3-12)16(21)17-10-15(20)19-8-4-14-13(11-19)5-9-22-14/h5,9,12H,2-4,6-8,10-11H2,1H3,(H,17,21). The smallest absolute Gasteiger partial charge is 0.317 e. The van der Waals surface area contributed by atoms with Gasteiger partial charge in [0.1, 0.15) is 0 Å². The summed E-state index contributed by atoms with van der Waals surface area (Å²) in [5, 5.41) is 4.86. The molecule has 0 aromatic carbocycles. The molecule has 2 aliphatic rings. The molecule has 0 radical (unpaired) electrons. The van der Waals surface area contributed by atoms with E-state index in [1.807, 2.05) is 9.80 Å². The monoisotopic (exact) mass is 321 g/mol. The number of amides is 3. The average molecular weight is 321 g/mol. The van der Waals surface area contributed by atoms with E-state index in [-0.39, 0.29) is 18.5 Å². The van der Waals surface area contributed by atoms with Gasteiger partial charge >= 0.3 is 6.03 Å². The molecule has 1 N–H and O–H groups in total. The number of nitrogens with zero attached hydrogens (tertiary/aromatic N) is 2. The number of thiophene rings is 1. The van der Waals surface area contributed by atoms with Gasteiger partial charge in [-0.15, -0.1) is 11.3 Å². The van der Waals surface area contributed by atoms with Crippen molar-refractivity contribution >= 4 is 23.3 Å². The first-order valence-electron chi connectivity index (χ1n) is 7.99. The van der Waals surface area contributed by atoms with Crippen LogP contribution in [0.5, 0.6) is 0 Å². The molecular formula is C16H23N3O2S. The molecule has 0 unspecified atom stereocenters. The molecule has 0 aliphatic carbocycles. The first-order chi connectivity index (χ1) is 10.6. The second-order valence-corrected chi connectivity index (χ2v) is 7.26. The van der Waals surface area contributed by atoms with Crippen molar-refractivity contribution in [3.8, 4) is 0 Å². The number of carbonyl (C=O) groups excluding carboxylic acids is 2. The van der Waals surface area contributed by atoms with Gasteiger partial charge in [-0.2, -0.15) is 0 Å². The molecule has 3 amide bonds. The molecule has 0 spiro atoms. The van der Waals surface area contributed by atoms with Crippen molar-refractivity contribution in [2.75, 3.05) is 26.2 Å². The van der Waals surface area contributed by atoms with Gasteiger partial charge in [-0.3, -0.25) is 4.79 Å². The quantitative estimate of drug-likeness (QED) is 0.907. The number of piperidine rings is 1. The van der Waals surface area contributed by atoms with E-state index in [2.05, 4.69) is 23.7 Å². The summed E-state index contributed by atoms with van der Waals surface area (Å²) in [5.74, 6) is 0.703. The molecule has 1 aromatic rings. The number of urea groups is 1. The highest BCUT2D eigenvalue weighted by Crippen LogP contribution is 2.23. The van der Waals surface area contributed by atoms with Gasteiger partial charge in [-0.05, 0) is 42.2 Å². The minimum atomic E-state index is -0.103. The van der Waals surface area contributed by atoms with E-state index < -0.39 is 0 Å². The zero-order valence-corrected chi connectivity index (χ0v) is 13.8. The molecule has 6 heteroatoms. The summed E-state index contributed by atoms with van der Waals surface area (Å²) in [5.41, 5.74) is 1.25. The summed E-state index contributed by atoms with van der Waals surface area (Å²) < 4.78 is 0. The Kier molecular flexibility index (Phi) is 4.66. The molecule has 1 fully saturated rings. The zero-order chi connectivity index (χ0) is 15.5. The Labute approximate surface area is 135 Å². The Morgan fingerprint density at radius 2 is 2.05 bits per heavy atom. The molecule has 0 atom stereocenters. The summed E-state index contributed by atoms with van der Waals surface area (Å²) in [4.78, 5) is 29.4. The van der Waals surface area contributed by atoms with Gasteiger partial charge in [0.2, 0.25) is 5.91 Å². The van der Waals surface area contributed by atoms with Crippen molar-refractivity contribution in [3.05, 3.63) is 21.9 Å². The Bertz CT molecular complexity index is 549. The molecule has 0 bridgehead atoms. The SMILES string of the molecule is CC1CCN(C(=O)NCC(=O)N2CCc3sccc3C2)CC1. The lowest BCUT2D eigenvalue weighted by molar-refractivity contribution is -0.131. The Balaban J connectivity index is 1.45. The predicted molar refractivity (Wildman–Crippen MR) is 86.8 cm³/mol. The lowest BCUT2D eigenvalue weighted by Gasteiger charge is -2.31. The maximum absolute atomic E-state index is 12.3. The number of carbonyl (C=O) groups is 2. The predicted octanol–water partition coefficient (Wildman–Crippen LogP) is 2.07. The fourth-order valence-corrected chi connectivity index (χ4v) is 3.94. The van der Waals surface area contributed by atoms with Crippen molar-refractivity contribution in [2.45, 2.75) is 32.7 Å². The number of nitrogens with one attached hydrogen (secondary N) is 1.